The molecule has 1 atom stereocenters. The number of aromatic nitrogens is 2. The molecule has 2 aromatic rings. The number of amides is 1. The highest BCUT2D eigenvalue weighted by Gasteiger charge is 2.35. The van der Waals surface area contributed by atoms with E-state index in [4.69, 9.17) is 9.26 Å². The second-order valence-electron chi connectivity index (χ2n) is 9.06. The average Bonchev–Trinajstić information content (AvgIpc) is 3.33. The van der Waals surface area contributed by atoms with Gasteiger partial charge in [0, 0.05) is 18.7 Å². The predicted molar refractivity (Wildman–Crippen MR) is 124 cm³/mol. The van der Waals surface area contributed by atoms with Gasteiger partial charge >= 0.3 is 12.3 Å². The maximum atomic E-state index is 13.7. The van der Waals surface area contributed by atoms with E-state index in [9.17, 15) is 23.1 Å². The van der Waals surface area contributed by atoms with E-state index in [1.165, 1.54) is 42.7 Å². The molecule has 0 spiro atoms. The van der Waals surface area contributed by atoms with Crippen molar-refractivity contribution in [1.29, 1.82) is 0 Å². The highest BCUT2D eigenvalue weighted by atomic mass is 19.4. The van der Waals surface area contributed by atoms with Gasteiger partial charge in [0.1, 0.15) is 5.75 Å². The Hall–Kier alpha value is -2.78. The van der Waals surface area contributed by atoms with Crippen LogP contribution < -0.4 is 4.74 Å². The zero-order chi connectivity index (χ0) is 25.3. The van der Waals surface area contributed by atoms with Crippen molar-refractivity contribution in [3.63, 3.8) is 0 Å². The summed E-state index contributed by atoms with van der Waals surface area (Å²) >= 11 is 0. The average molecular weight is 498 g/mol. The Balaban J connectivity index is 1.60. The first-order valence-corrected chi connectivity index (χ1v) is 12.5. The number of unbranched alkanes of at least 4 members (excludes halogenated alkanes) is 7. The van der Waals surface area contributed by atoms with E-state index >= 15 is 0 Å². The summed E-state index contributed by atoms with van der Waals surface area (Å²) in [6, 6.07) is 3.76. The Labute approximate surface area is 203 Å². The van der Waals surface area contributed by atoms with Crippen molar-refractivity contribution in [2.24, 2.45) is 0 Å². The lowest BCUT2D eigenvalue weighted by Crippen LogP contribution is -2.38. The summed E-state index contributed by atoms with van der Waals surface area (Å²) in [7, 11) is 0. The zero-order valence-electron chi connectivity index (χ0n) is 20.1. The first kappa shape index (κ1) is 26.8. The largest absolute Gasteiger partial charge is 0.493 e. The second-order valence-corrected chi connectivity index (χ2v) is 9.06. The minimum atomic E-state index is -4.59. The number of halogens is 3. The van der Waals surface area contributed by atoms with Crippen molar-refractivity contribution in [1.82, 2.24) is 15.0 Å². The standard InChI is InChI=1S/C25H34F3N3O4/c1-2-3-4-5-6-7-8-9-15-34-21-13-12-18(16-20(21)25(26,27)28)22-29-23(35-30-22)19-11-10-14-31(17-19)24(32)33/h12-13,16,19H,2-11,14-15,17H2,1H3,(H,32,33). The van der Waals surface area contributed by atoms with Gasteiger partial charge in [-0.05, 0) is 37.5 Å². The van der Waals surface area contributed by atoms with E-state index < -0.39 is 17.8 Å². The molecule has 1 amide bonds. The van der Waals surface area contributed by atoms with E-state index in [1.807, 2.05) is 0 Å². The van der Waals surface area contributed by atoms with E-state index in [-0.39, 0.29) is 42.1 Å². The second kappa shape index (κ2) is 12.8. The van der Waals surface area contributed by atoms with E-state index in [0.717, 1.165) is 25.3 Å². The van der Waals surface area contributed by atoms with Crippen LogP contribution in [0.25, 0.3) is 11.4 Å². The van der Waals surface area contributed by atoms with E-state index in [0.29, 0.717) is 25.8 Å². The Morgan fingerprint density at radius 3 is 2.57 bits per heavy atom. The van der Waals surface area contributed by atoms with Gasteiger partial charge in [0.2, 0.25) is 11.7 Å². The molecule has 35 heavy (non-hydrogen) atoms. The number of rotatable bonds is 12. The van der Waals surface area contributed by atoms with E-state index in [1.54, 1.807) is 0 Å². The quantitative estimate of drug-likeness (QED) is 0.314. The fourth-order valence-electron chi connectivity index (χ4n) is 4.31. The number of likely N-dealkylation sites (tertiary alicyclic amines) is 1. The minimum Gasteiger partial charge on any atom is -0.493 e. The van der Waals surface area contributed by atoms with E-state index in [2.05, 4.69) is 17.1 Å². The lowest BCUT2D eigenvalue weighted by atomic mass is 9.98. The Morgan fingerprint density at radius 1 is 1.17 bits per heavy atom. The summed E-state index contributed by atoms with van der Waals surface area (Å²) in [5.41, 5.74) is -0.715. The summed E-state index contributed by atoms with van der Waals surface area (Å²) < 4.78 is 52.0. The third-order valence-corrected chi connectivity index (χ3v) is 6.28. The van der Waals surface area contributed by atoms with Crippen molar-refractivity contribution in [3.8, 4) is 17.1 Å². The summed E-state index contributed by atoms with van der Waals surface area (Å²) in [4.78, 5) is 16.8. The molecule has 194 valence electrons. The van der Waals surface area contributed by atoms with Crippen LogP contribution in [0.15, 0.2) is 22.7 Å². The number of piperidine rings is 1. The van der Waals surface area contributed by atoms with Crippen LogP contribution in [0.2, 0.25) is 0 Å². The molecule has 1 aromatic heterocycles. The number of nitrogens with zero attached hydrogens (tertiary/aromatic N) is 3. The molecule has 3 rings (SSSR count). The van der Waals surface area contributed by atoms with Crippen molar-refractivity contribution in [2.75, 3.05) is 19.7 Å². The SMILES string of the molecule is CCCCCCCCCCOc1ccc(-c2noc(C3CCCN(C(=O)O)C3)n2)cc1C(F)(F)F. The maximum Gasteiger partial charge on any atom is 0.419 e. The summed E-state index contributed by atoms with van der Waals surface area (Å²) in [6.45, 7) is 3.05. The first-order chi connectivity index (χ1) is 16.8. The van der Waals surface area contributed by atoms with Crippen LogP contribution >= 0.6 is 0 Å². The number of alkyl halides is 3. The highest BCUT2D eigenvalue weighted by molar-refractivity contribution is 5.65. The van der Waals surface area contributed by atoms with Crippen LogP contribution in [0.4, 0.5) is 18.0 Å². The molecule has 0 saturated carbocycles. The normalized spacial score (nSPS) is 16.5. The van der Waals surface area contributed by atoms with Gasteiger partial charge in [-0.15, -0.1) is 0 Å². The summed E-state index contributed by atoms with van der Waals surface area (Å²) in [5, 5.41) is 13.1. The third-order valence-electron chi connectivity index (χ3n) is 6.28. The lowest BCUT2D eigenvalue weighted by Gasteiger charge is -2.28. The lowest BCUT2D eigenvalue weighted by molar-refractivity contribution is -0.138. The topological polar surface area (TPSA) is 88.7 Å². The summed E-state index contributed by atoms with van der Waals surface area (Å²) in [6.07, 6.45) is 4.42. The fraction of sp³-hybridized carbons (Fsp3) is 0.640. The molecule has 1 N–H and O–H groups in total. The minimum absolute atomic E-state index is 0.0348. The molecule has 0 aliphatic carbocycles. The van der Waals surface area contributed by atoms with Gasteiger partial charge in [-0.3, -0.25) is 0 Å². The summed E-state index contributed by atoms with van der Waals surface area (Å²) in [5.74, 6) is -0.225. The zero-order valence-corrected chi connectivity index (χ0v) is 20.1. The number of hydrogen-bond donors (Lipinski definition) is 1. The predicted octanol–water partition coefficient (Wildman–Crippen LogP) is 7.13. The molecule has 10 heteroatoms. The molecule has 7 nitrogen and oxygen atoms in total. The van der Waals surface area contributed by atoms with Crippen molar-refractivity contribution < 1.29 is 32.3 Å². The maximum absolute atomic E-state index is 13.7. The number of benzene rings is 1. The Bertz CT molecular complexity index is 948. The Kier molecular flexibility index (Phi) is 9.80. The van der Waals surface area contributed by atoms with Crippen molar-refractivity contribution in [2.45, 2.75) is 83.2 Å². The number of carbonyl (C=O) groups is 1. The van der Waals surface area contributed by atoms with Crippen LogP contribution in [0.1, 0.15) is 88.5 Å². The van der Waals surface area contributed by atoms with Gasteiger partial charge in [-0.25, -0.2) is 4.79 Å². The van der Waals surface area contributed by atoms with Crippen molar-refractivity contribution in [3.05, 3.63) is 29.7 Å². The molecule has 1 aliphatic rings. The molecule has 1 saturated heterocycles. The molecule has 1 aliphatic heterocycles. The highest BCUT2D eigenvalue weighted by Crippen LogP contribution is 2.39. The fourth-order valence-corrected chi connectivity index (χ4v) is 4.31. The van der Waals surface area contributed by atoms with Gasteiger partial charge in [-0.1, -0.05) is 57.0 Å². The molecule has 1 aromatic carbocycles. The molecule has 2 heterocycles. The molecule has 0 radical (unpaired) electrons. The monoisotopic (exact) mass is 497 g/mol. The van der Waals surface area contributed by atoms with Crippen molar-refractivity contribution >= 4 is 6.09 Å². The van der Waals surface area contributed by atoms with Crippen LogP contribution in [0, 0.1) is 0 Å². The van der Waals surface area contributed by atoms with Gasteiger partial charge in [0.05, 0.1) is 18.1 Å². The number of carboxylic acid groups (broad SMARTS) is 1. The Morgan fingerprint density at radius 2 is 1.89 bits per heavy atom. The van der Waals surface area contributed by atoms with Gasteiger partial charge < -0.3 is 19.3 Å². The van der Waals surface area contributed by atoms with Crippen LogP contribution in [0.5, 0.6) is 5.75 Å². The smallest absolute Gasteiger partial charge is 0.419 e. The van der Waals surface area contributed by atoms with Crippen LogP contribution in [0.3, 0.4) is 0 Å². The van der Waals surface area contributed by atoms with Crippen LogP contribution in [-0.4, -0.2) is 45.9 Å². The number of ether oxygens (including phenoxy) is 1. The molecule has 0 bridgehead atoms. The molecular formula is C25H34F3N3O4. The van der Waals surface area contributed by atoms with Gasteiger partial charge in [0.15, 0.2) is 0 Å². The van der Waals surface area contributed by atoms with Gasteiger partial charge in [-0.2, -0.15) is 18.2 Å². The molecular weight excluding hydrogens is 463 g/mol. The molecule has 1 fully saturated rings. The van der Waals surface area contributed by atoms with Crippen LogP contribution in [-0.2, 0) is 6.18 Å². The first-order valence-electron chi connectivity index (χ1n) is 12.5. The number of hydrogen-bond acceptors (Lipinski definition) is 5. The molecule has 1 unspecified atom stereocenters. The van der Waals surface area contributed by atoms with Gasteiger partial charge in [0.25, 0.3) is 0 Å². The third kappa shape index (κ3) is 7.86.